The molecule has 1 aliphatic heterocycles. The van der Waals surface area contributed by atoms with Crippen LogP contribution in [-0.2, 0) is 11.1 Å². The lowest BCUT2D eigenvalue weighted by Crippen LogP contribution is -2.50. The first-order valence-electron chi connectivity index (χ1n) is 8.93. The molecule has 1 aromatic carbocycles. The van der Waals surface area contributed by atoms with Gasteiger partial charge in [-0.2, -0.15) is 0 Å². The van der Waals surface area contributed by atoms with Gasteiger partial charge in [-0.05, 0) is 45.4 Å². The zero-order valence-corrected chi connectivity index (χ0v) is 16.2. The van der Waals surface area contributed by atoms with Gasteiger partial charge in [0.25, 0.3) is 0 Å². The van der Waals surface area contributed by atoms with E-state index in [1.165, 1.54) is 6.07 Å². The molecule has 0 aliphatic carbocycles. The first-order valence-corrected chi connectivity index (χ1v) is 8.93. The first kappa shape index (κ1) is 21.0. The highest BCUT2D eigenvalue weighted by Gasteiger charge is 2.28. The average Bonchev–Trinajstić information content (AvgIpc) is 2.53. The highest BCUT2D eigenvalue weighted by atomic mass is 19.4. The Morgan fingerprint density at radius 1 is 1.22 bits per heavy atom. The van der Waals surface area contributed by atoms with Crippen molar-refractivity contribution in [3.8, 4) is 12.3 Å². The third-order valence-electron chi connectivity index (χ3n) is 4.33. The Kier molecular flexibility index (Phi) is 6.03. The number of nitrogens with zero attached hydrogens (tertiary/aromatic N) is 2. The van der Waals surface area contributed by atoms with E-state index in [0.29, 0.717) is 37.4 Å². The molecule has 4 nitrogen and oxygen atoms in total. The molecule has 0 aromatic heterocycles. The predicted octanol–water partition coefficient (Wildman–Crippen LogP) is 3.96. The van der Waals surface area contributed by atoms with Gasteiger partial charge in [-0.1, -0.05) is 17.8 Å². The largest absolute Gasteiger partial charge is 0.482 e. The van der Waals surface area contributed by atoms with E-state index in [-0.39, 0.29) is 11.7 Å². The van der Waals surface area contributed by atoms with Gasteiger partial charge < -0.3 is 27.5 Å². The van der Waals surface area contributed by atoms with E-state index in [9.17, 15) is 17.7 Å². The molecule has 0 saturated carbocycles. The number of piperazine rings is 1. The van der Waals surface area contributed by atoms with Crippen molar-refractivity contribution in [1.29, 1.82) is 0 Å². The molecule has 0 bridgehead atoms. The third kappa shape index (κ3) is 5.85. The summed E-state index contributed by atoms with van der Waals surface area (Å²) in [6, 6.07) is 3.00. The minimum atomic E-state index is -4.94. The van der Waals surface area contributed by atoms with Crippen LogP contribution in [0.2, 0.25) is 0 Å². The molecule has 0 unspecified atom stereocenters. The molecule has 1 saturated heterocycles. The van der Waals surface area contributed by atoms with Crippen molar-refractivity contribution in [2.45, 2.75) is 39.6 Å². The minimum absolute atomic E-state index is 0.172. The Balaban J connectivity index is 2.16. The highest BCUT2D eigenvalue weighted by Crippen LogP contribution is 2.29. The first-order chi connectivity index (χ1) is 12.4. The molecule has 1 fully saturated rings. The quantitative estimate of drug-likeness (QED) is 0.587. The summed E-state index contributed by atoms with van der Waals surface area (Å²) < 4.78 is 44.0. The molecule has 1 heterocycles. The van der Waals surface area contributed by atoms with Gasteiger partial charge >= 0.3 is 13.1 Å². The molecule has 1 aromatic rings. The lowest BCUT2D eigenvalue weighted by Gasteiger charge is -2.37. The summed E-state index contributed by atoms with van der Waals surface area (Å²) >= 11 is 0. The maximum absolute atomic E-state index is 12.9. The van der Waals surface area contributed by atoms with Crippen LogP contribution in [0, 0.1) is 19.3 Å². The number of carbonyl (C=O) groups is 1. The average molecular weight is 381 g/mol. The molecule has 0 radical (unpaired) electrons. The highest BCUT2D eigenvalue weighted by molar-refractivity contribution is 6.57. The number of rotatable bonds is 3. The van der Waals surface area contributed by atoms with E-state index in [1.54, 1.807) is 31.7 Å². The molecule has 0 N–H and O–H groups in total. The van der Waals surface area contributed by atoms with Crippen LogP contribution in [0.25, 0.3) is 0 Å². The number of hydrogen-bond acceptors (Lipinski definition) is 3. The number of anilines is 1. The number of amides is 1. The van der Waals surface area contributed by atoms with Gasteiger partial charge in [-0.3, -0.25) is 0 Å². The molecule has 1 aliphatic rings. The summed E-state index contributed by atoms with van der Waals surface area (Å²) in [5.74, 6) is 2.48. The van der Waals surface area contributed by atoms with E-state index in [2.05, 4.69) is 5.92 Å². The van der Waals surface area contributed by atoms with Crippen LogP contribution >= 0.6 is 0 Å². The Bertz CT molecular complexity index is 743. The standard InChI is InChI=1S/C19H25BF3N2O2/c1-6-16-11-15(13-20(21,22)23)12-17(14(16)2)24-7-9-25(10-8-24)18(26)27-19(3,4)5/h1,11-12H,7-10,13H2,2-5H3/q-1. The number of carbonyl (C=O) groups excluding carboxylic acids is 1. The second kappa shape index (κ2) is 7.75. The van der Waals surface area contributed by atoms with Crippen LogP contribution in [0.4, 0.5) is 23.4 Å². The second-order valence-corrected chi connectivity index (χ2v) is 7.80. The van der Waals surface area contributed by atoms with Crippen LogP contribution in [0.3, 0.4) is 0 Å². The molecule has 148 valence electrons. The van der Waals surface area contributed by atoms with Gasteiger partial charge in [-0.25, -0.2) is 4.79 Å². The van der Waals surface area contributed by atoms with Crippen molar-refractivity contribution in [2.24, 2.45) is 0 Å². The van der Waals surface area contributed by atoms with Gasteiger partial charge in [0.15, 0.2) is 0 Å². The number of ether oxygens (including phenoxy) is 1. The van der Waals surface area contributed by atoms with Crippen molar-refractivity contribution < 1.29 is 22.5 Å². The van der Waals surface area contributed by atoms with Gasteiger partial charge in [-0.15, -0.1) is 6.42 Å². The van der Waals surface area contributed by atoms with Crippen LogP contribution in [-0.4, -0.2) is 49.8 Å². The van der Waals surface area contributed by atoms with Crippen LogP contribution in [0.1, 0.15) is 37.5 Å². The molecule has 0 atom stereocenters. The fourth-order valence-corrected chi connectivity index (χ4v) is 3.08. The van der Waals surface area contributed by atoms with Gasteiger partial charge in [0.05, 0.1) is 0 Å². The lowest BCUT2D eigenvalue weighted by atomic mass is 9.81. The fourth-order valence-electron chi connectivity index (χ4n) is 3.08. The van der Waals surface area contributed by atoms with E-state index >= 15 is 0 Å². The molecular formula is C19H25BF3N2O2-. The summed E-state index contributed by atoms with van der Waals surface area (Å²) in [5, 5.41) is 0. The number of halogens is 3. The molecule has 1 amide bonds. The number of hydrogen-bond donors (Lipinski definition) is 0. The van der Waals surface area contributed by atoms with Crippen molar-refractivity contribution in [3.05, 3.63) is 28.8 Å². The predicted molar refractivity (Wildman–Crippen MR) is 102 cm³/mol. The lowest BCUT2D eigenvalue weighted by molar-refractivity contribution is 0.0240. The van der Waals surface area contributed by atoms with E-state index in [1.807, 2.05) is 11.8 Å². The second-order valence-electron chi connectivity index (χ2n) is 7.80. The molecule has 27 heavy (non-hydrogen) atoms. The van der Waals surface area contributed by atoms with Gasteiger partial charge in [0.1, 0.15) is 5.60 Å². The molecular weight excluding hydrogens is 356 g/mol. The Hall–Kier alpha value is -2.30. The van der Waals surface area contributed by atoms with Crippen molar-refractivity contribution >= 4 is 18.8 Å². The summed E-state index contributed by atoms with van der Waals surface area (Å²) in [6.07, 6.45) is 4.15. The minimum Gasteiger partial charge on any atom is -0.449 e. The fraction of sp³-hybridized carbons (Fsp3) is 0.526. The van der Waals surface area contributed by atoms with E-state index in [4.69, 9.17) is 11.2 Å². The van der Waals surface area contributed by atoms with Crippen molar-refractivity contribution in [2.75, 3.05) is 31.1 Å². The van der Waals surface area contributed by atoms with E-state index in [0.717, 1.165) is 5.56 Å². The van der Waals surface area contributed by atoms with Crippen LogP contribution in [0.15, 0.2) is 12.1 Å². The SMILES string of the molecule is C#Cc1cc(C[B-](F)(F)F)cc(N2CCN(C(=O)OC(C)(C)C)CC2)c1C. The summed E-state index contributed by atoms with van der Waals surface area (Å²) in [5.41, 5.74) is 1.55. The molecule has 2 rings (SSSR count). The molecule has 8 heteroatoms. The summed E-state index contributed by atoms with van der Waals surface area (Å²) in [4.78, 5) is 15.8. The monoisotopic (exact) mass is 381 g/mol. The number of benzene rings is 1. The van der Waals surface area contributed by atoms with Crippen molar-refractivity contribution in [1.82, 2.24) is 4.90 Å². The maximum atomic E-state index is 12.9. The zero-order chi connectivity index (χ0) is 20.4. The maximum Gasteiger partial charge on any atom is 0.482 e. The topological polar surface area (TPSA) is 32.8 Å². The van der Waals surface area contributed by atoms with E-state index < -0.39 is 18.9 Å². The Morgan fingerprint density at radius 3 is 2.30 bits per heavy atom. The number of terminal acetylenes is 1. The van der Waals surface area contributed by atoms with Gasteiger partial charge in [0.2, 0.25) is 0 Å². The summed E-state index contributed by atoms with van der Waals surface area (Å²) in [6.45, 7) is 4.17. The van der Waals surface area contributed by atoms with Gasteiger partial charge in [0, 0.05) is 37.4 Å². The van der Waals surface area contributed by atoms with Crippen LogP contribution < -0.4 is 4.90 Å². The zero-order valence-electron chi connectivity index (χ0n) is 16.2. The Morgan fingerprint density at radius 2 is 1.81 bits per heavy atom. The third-order valence-corrected chi connectivity index (χ3v) is 4.33. The van der Waals surface area contributed by atoms with Crippen LogP contribution in [0.5, 0.6) is 0 Å². The summed E-state index contributed by atoms with van der Waals surface area (Å²) in [7, 11) is 0. The Labute approximate surface area is 158 Å². The normalized spacial score (nSPS) is 15.5. The molecule has 0 spiro atoms. The van der Waals surface area contributed by atoms with Crippen molar-refractivity contribution in [3.63, 3.8) is 0 Å². The smallest absolute Gasteiger partial charge is 0.449 e.